The lowest BCUT2D eigenvalue weighted by Crippen LogP contribution is -2.78. The monoisotopic (exact) mass is 513 g/mol. The van der Waals surface area contributed by atoms with Crippen LogP contribution in [0, 0.1) is 18.3 Å². The second kappa shape index (κ2) is 7.39. The van der Waals surface area contributed by atoms with Crippen molar-refractivity contribution in [2.75, 3.05) is 20.1 Å². The van der Waals surface area contributed by atoms with Crippen LogP contribution in [0.15, 0.2) is 42.0 Å². The molecule has 7 heteroatoms. The SMILES string of the molecule is Cc1cccc(CN(C)C(=O)C2=C[C@@]34CC[C@]2(O)[C@@H]2Oc5c(O)ccc6c5[C@@]23CCN(CC2CC2)[C@@H]4C6)n1. The van der Waals surface area contributed by atoms with E-state index in [0.717, 1.165) is 55.2 Å². The number of phenolic OH excluding ortho intramolecular Hbond substituents is 1. The van der Waals surface area contributed by atoms with Gasteiger partial charge in [0.1, 0.15) is 11.7 Å². The van der Waals surface area contributed by atoms with E-state index in [-0.39, 0.29) is 23.1 Å². The Morgan fingerprint density at radius 3 is 2.84 bits per heavy atom. The van der Waals surface area contributed by atoms with Gasteiger partial charge in [-0.3, -0.25) is 14.7 Å². The predicted molar refractivity (Wildman–Crippen MR) is 141 cm³/mol. The van der Waals surface area contributed by atoms with Gasteiger partial charge in [0.25, 0.3) is 5.91 Å². The number of nitrogens with zero attached hydrogens (tertiary/aromatic N) is 3. The molecule has 0 unspecified atom stereocenters. The number of aliphatic hydroxyl groups is 1. The van der Waals surface area contributed by atoms with Crippen LogP contribution in [0.2, 0.25) is 0 Å². The van der Waals surface area contributed by atoms with E-state index in [1.807, 2.05) is 25.1 Å². The smallest absolute Gasteiger partial charge is 0.252 e. The number of amides is 1. The van der Waals surface area contributed by atoms with Gasteiger partial charge >= 0.3 is 0 Å². The molecule has 9 rings (SSSR count). The molecule has 3 fully saturated rings. The molecule has 1 amide bonds. The minimum Gasteiger partial charge on any atom is -0.504 e. The zero-order chi connectivity index (χ0) is 26.0. The summed E-state index contributed by atoms with van der Waals surface area (Å²) in [4.78, 5) is 23.1. The molecule has 2 saturated carbocycles. The molecular weight excluding hydrogens is 478 g/mol. The molecule has 5 atom stereocenters. The molecule has 2 aromatic rings. The zero-order valence-corrected chi connectivity index (χ0v) is 22.1. The first-order chi connectivity index (χ1) is 18.3. The number of hydrogen-bond acceptors (Lipinski definition) is 6. The number of ether oxygens (including phenoxy) is 1. The van der Waals surface area contributed by atoms with E-state index in [4.69, 9.17) is 4.74 Å². The van der Waals surface area contributed by atoms with Crippen molar-refractivity contribution < 1.29 is 19.7 Å². The highest BCUT2D eigenvalue weighted by Gasteiger charge is 2.78. The van der Waals surface area contributed by atoms with Crippen LogP contribution in [-0.4, -0.2) is 68.8 Å². The number of phenols is 1. The summed E-state index contributed by atoms with van der Waals surface area (Å²) in [6.45, 7) is 4.39. The molecule has 198 valence electrons. The summed E-state index contributed by atoms with van der Waals surface area (Å²) in [7, 11) is 1.79. The van der Waals surface area contributed by atoms with Crippen molar-refractivity contribution in [1.82, 2.24) is 14.8 Å². The van der Waals surface area contributed by atoms with Crippen molar-refractivity contribution in [3.8, 4) is 11.5 Å². The molecule has 7 nitrogen and oxygen atoms in total. The Hall–Kier alpha value is -2.90. The lowest BCUT2D eigenvalue weighted by atomic mass is 9.38. The second-order valence-electron chi connectivity index (χ2n) is 12.8. The fourth-order valence-electron chi connectivity index (χ4n) is 9.01. The molecule has 0 radical (unpaired) electrons. The number of likely N-dealkylation sites (tertiary alicyclic amines) is 1. The third kappa shape index (κ3) is 2.71. The molecule has 2 N–H and O–H groups in total. The van der Waals surface area contributed by atoms with Gasteiger partial charge < -0.3 is 19.8 Å². The van der Waals surface area contributed by atoms with Crippen molar-refractivity contribution in [2.24, 2.45) is 11.3 Å². The van der Waals surface area contributed by atoms with Crippen molar-refractivity contribution in [3.05, 3.63) is 64.5 Å². The molecule has 7 aliphatic rings. The normalized spacial score (nSPS) is 35.9. The first-order valence-corrected chi connectivity index (χ1v) is 14.2. The zero-order valence-electron chi connectivity index (χ0n) is 22.1. The highest BCUT2D eigenvalue weighted by atomic mass is 16.5. The Morgan fingerprint density at radius 2 is 2.05 bits per heavy atom. The molecule has 2 aliphatic heterocycles. The highest BCUT2D eigenvalue weighted by Crippen LogP contribution is 2.74. The Kier molecular flexibility index (Phi) is 4.48. The van der Waals surface area contributed by atoms with E-state index in [1.54, 1.807) is 18.0 Å². The van der Waals surface area contributed by atoms with Gasteiger partial charge in [0.2, 0.25) is 0 Å². The Bertz CT molecular complexity index is 1420. The maximum Gasteiger partial charge on any atom is 0.252 e. The summed E-state index contributed by atoms with van der Waals surface area (Å²) in [5.41, 5.74) is 2.40. The summed E-state index contributed by atoms with van der Waals surface area (Å²) in [6.07, 6.45) is 7.28. The quantitative estimate of drug-likeness (QED) is 0.639. The Morgan fingerprint density at radius 1 is 1.21 bits per heavy atom. The van der Waals surface area contributed by atoms with Crippen LogP contribution >= 0.6 is 0 Å². The number of carbonyl (C=O) groups is 1. The summed E-state index contributed by atoms with van der Waals surface area (Å²) in [5, 5.41) is 23.3. The van der Waals surface area contributed by atoms with Crippen LogP contribution < -0.4 is 4.74 Å². The van der Waals surface area contributed by atoms with Gasteiger partial charge in [-0.25, -0.2) is 0 Å². The number of fused-ring (bicyclic) bond motifs is 1. The number of hydrogen-bond donors (Lipinski definition) is 2. The topological polar surface area (TPSA) is 86.1 Å². The van der Waals surface area contributed by atoms with Gasteiger partial charge in [0.15, 0.2) is 11.5 Å². The minimum atomic E-state index is -1.41. The van der Waals surface area contributed by atoms with Crippen molar-refractivity contribution in [2.45, 2.75) is 75.2 Å². The molecule has 3 heterocycles. The highest BCUT2D eigenvalue weighted by molar-refractivity contribution is 5.97. The summed E-state index contributed by atoms with van der Waals surface area (Å²) in [6, 6.07) is 9.90. The Labute approximate surface area is 223 Å². The van der Waals surface area contributed by atoms with E-state index in [0.29, 0.717) is 24.3 Å². The van der Waals surface area contributed by atoms with Crippen LogP contribution in [0.4, 0.5) is 0 Å². The second-order valence-corrected chi connectivity index (χ2v) is 12.8. The van der Waals surface area contributed by atoms with E-state index in [1.165, 1.54) is 18.4 Å². The average molecular weight is 514 g/mol. The van der Waals surface area contributed by atoms with Crippen LogP contribution in [-0.2, 0) is 23.2 Å². The van der Waals surface area contributed by atoms with Crippen molar-refractivity contribution in [3.63, 3.8) is 0 Å². The minimum absolute atomic E-state index is 0.139. The summed E-state index contributed by atoms with van der Waals surface area (Å²) < 4.78 is 6.62. The average Bonchev–Trinajstić information content (AvgIpc) is 3.63. The fraction of sp³-hybridized carbons (Fsp3) is 0.548. The molecule has 5 aliphatic carbocycles. The number of carbonyl (C=O) groups excluding carboxylic acids is 1. The lowest BCUT2D eigenvalue weighted by molar-refractivity contribution is -0.188. The molecule has 1 aromatic carbocycles. The first kappa shape index (κ1) is 23.0. The van der Waals surface area contributed by atoms with E-state index < -0.39 is 17.1 Å². The number of likely N-dealkylation sites (N-methyl/N-ethyl adjacent to an activating group) is 1. The number of aromatic nitrogens is 1. The number of benzene rings is 1. The number of aryl methyl sites for hydroxylation is 1. The van der Waals surface area contributed by atoms with Crippen molar-refractivity contribution in [1.29, 1.82) is 0 Å². The summed E-state index contributed by atoms with van der Waals surface area (Å²) in [5.74, 6) is 1.28. The Balaban J connectivity index is 1.27. The first-order valence-electron chi connectivity index (χ1n) is 14.2. The number of piperidine rings is 1. The number of rotatable bonds is 5. The van der Waals surface area contributed by atoms with Gasteiger partial charge in [-0.15, -0.1) is 0 Å². The standard InChI is InChI=1S/C31H35N3O4/c1-18-4-3-5-21(32-18)17-33(2)27(36)22-15-29-10-11-31(22,37)28-30(29)12-13-34(16-19-6-7-19)24(29)14-20-8-9-23(35)26(38-28)25(20)30/h3-5,8-9,15,19,24,28,35,37H,6-7,10-14,16-17H2,1-2H3/t24-,28-,29-,30+,31-/m1/s1. The molecule has 2 spiro atoms. The van der Waals surface area contributed by atoms with Crippen molar-refractivity contribution >= 4 is 5.91 Å². The van der Waals surface area contributed by atoms with E-state index in [2.05, 4.69) is 22.0 Å². The largest absolute Gasteiger partial charge is 0.504 e. The lowest BCUT2D eigenvalue weighted by Gasteiger charge is -2.70. The third-order valence-corrected chi connectivity index (χ3v) is 10.8. The maximum atomic E-state index is 14.1. The predicted octanol–water partition coefficient (Wildman–Crippen LogP) is 3.24. The molecule has 38 heavy (non-hydrogen) atoms. The van der Waals surface area contributed by atoms with Gasteiger partial charge in [0, 0.05) is 41.9 Å². The van der Waals surface area contributed by atoms with Gasteiger partial charge in [-0.1, -0.05) is 18.2 Å². The number of pyridine rings is 1. The molecule has 1 aromatic heterocycles. The van der Waals surface area contributed by atoms with Crippen LogP contribution in [0.1, 0.15) is 54.6 Å². The van der Waals surface area contributed by atoms with Crippen LogP contribution in [0.5, 0.6) is 11.5 Å². The van der Waals surface area contributed by atoms with E-state index in [9.17, 15) is 15.0 Å². The fourth-order valence-corrected chi connectivity index (χ4v) is 9.01. The van der Waals surface area contributed by atoms with Gasteiger partial charge in [-0.05, 0) is 81.7 Å². The maximum absolute atomic E-state index is 14.1. The summed E-state index contributed by atoms with van der Waals surface area (Å²) >= 11 is 0. The van der Waals surface area contributed by atoms with Gasteiger partial charge in [0.05, 0.1) is 17.7 Å². The molecule has 1 saturated heterocycles. The number of aromatic hydroxyl groups is 1. The van der Waals surface area contributed by atoms with Crippen LogP contribution in [0.3, 0.4) is 0 Å². The van der Waals surface area contributed by atoms with E-state index >= 15 is 0 Å². The molecule has 4 bridgehead atoms. The third-order valence-electron chi connectivity index (χ3n) is 10.8. The van der Waals surface area contributed by atoms with Crippen LogP contribution in [0.25, 0.3) is 0 Å². The molecular formula is C31H35N3O4. The van der Waals surface area contributed by atoms with Gasteiger partial charge in [-0.2, -0.15) is 0 Å².